The number of thiophene rings is 1. The minimum Gasteiger partial charge on any atom is -0.396 e. The van der Waals surface area contributed by atoms with Gasteiger partial charge >= 0.3 is 0 Å². The summed E-state index contributed by atoms with van der Waals surface area (Å²) >= 11 is 7.39. The molecule has 0 saturated carbocycles. The minimum atomic E-state index is -0.337. The molecule has 1 amide bonds. The van der Waals surface area contributed by atoms with E-state index in [9.17, 15) is 9.18 Å². The molecule has 0 atom stereocenters. The van der Waals surface area contributed by atoms with Gasteiger partial charge in [-0.15, -0.1) is 11.3 Å². The highest BCUT2D eigenvalue weighted by molar-refractivity contribution is 7.21. The first-order valence-electron chi connectivity index (χ1n) is 6.90. The molecule has 114 valence electrons. The summed E-state index contributed by atoms with van der Waals surface area (Å²) in [7, 11) is 0. The summed E-state index contributed by atoms with van der Waals surface area (Å²) in [5.41, 5.74) is 0. The van der Waals surface area contributed by atoms with E-state index >= 15 is 0 Å². The maximum atomic E-state index is 13.2. The van der Waals surface area contributed by atoms with E-state index in [4.69, 9.17) is 16.7 Å². The van der Waals surface area contributed by atoms with Crippen molar-refractivity contribution in [3.8, 4) is 0 Å². The summed E-state index contributed by atoms with van der Waals surface area (Å²) < 4.78 is 13.8. The third kappa shape index (κ3) is 4.15. The molecule has 0 unspecified atom stereocenters. The lowest BCUT2D eigenvalue weighted by molar-refractivity contribution is 0.0957. The summed E-state index contributed by atoms with van der Waals surface area (Å²) in [6.45, 7) is 0.781. The molecule has 2 rings (SSSR count). The Kier molecular flexibility index (Phi) is 5.96. The molecule has 0 aliphatic carbocycles. The number of halogens is 2. The average Bonchev–Trinajstić information content (AvgIpc) is 2.79. The van der Waals surface area contributed by atoms with Gasteiger partial charge in [-0.1, -0.05) is 24.4 Å². The van der Waals surface area contributed by atoms with Gasteiger partial charge in [0, 0.05) is 23.2 Å². The standard InChI is InChI=1S/C15H17ClFNO2S/c16-13-11-6-5-10(17)9-12(11)21-14(13)15(20)18-7-3-1-2-4-8-19/h5-6,9,19H,1-4,7-8H2,(H,18,20). The fourth-order valence-electron chi connectivity index (χ4n) is 2.06. The van der Waals surface area contributed by atoms with Crippen LogP contribution in [0.4, 0.5) is 4.39 Å². The summed E-state index contributed by atoms with van der Waals surface area (Å²) in [6, 6.07) is 4.32. The molecule has 6 heteroatoms. The fourth-order valence-corrected chi connectivity index (χ4v) is 3.52. The van der Waals surface area contributed by atoms with Crippen LogP contribution >= 0.6 is 22.9 Å². The maximum Gasteiger partial charge on any atom is 0.262 e. The van der Waals surface area contributed by atoms with Crippen LogP contribution in [0.25, 0.3) is 10.1 Å². The number of hydrogen-bond acceptors (Lipinski definition) is 3. The number of hydrogen-bond donors (Lipinski definition) is 2. The molecule has 0 bridgehead atoms. The Morgan fingerprint density at radius 3 is 2.81 bits per heavy atom. The Hall–Kier alpha value is -1.17. The first kappa shape index (κ1) is 16.2. The molecule has 2 aromatic rings. The number of carbonyl (C=O) groups excluding carboxylic acids is 1. The Balaban J connectivity index is 1.95. The van der Waals surface area contributed by atoms with Gasteiger partial charge in [0.05, 0.1) is 5.02 Å². The predicted molar refractivity (Wildman–Crippen MR) is 84.7 cm³/mol. The number of rotatable bonds is 7. The van der Waals surface area contributed by atoms with E-state index in [1.165, 1.54) is 23.5 Å². The van der Waals surface area contributed by atoms with Gasteiger partial charge in [-0.05, 0) is 31.0 Å². The molecule has 21 heavy (non-hydrogen) atoms. The summed E-state index contributed by atoms with van der Waals surface area (Å²) in [5, 5.41) is 12.6. The van der Waals surface area contributed by atoms with E-state index in [1.807, 2.05) is 0 Å². The Morgan fingerprint density at radius 1 is 1.29 bits per heavy atom. The molecule has 1 aromatic heterocycles. The van der Waals surface area contributed by atoms with Gasteiger partial charge in [-0.25, -0.2) is 4.39 Å². The smallest absolute Gasteiger partial charge is 0.262 e. The molecule has 3 nitrogen and oxygen atoms in total. The number of nitrogens with one attached hydrogen (secondary N) is 1. The number of carbonyl (C=O) groups is 1. The molecule has 0 saturated heterocycles. The van der Waals surface area contributed by atoms with E-state index in [0.29, 0.717) is 26.5 Å². The third-order valence-corrected chi connectivity index (χ3v) is 4.82. The lowest BCUT2D eigenvalue weighted by Gasteiger charge is -2.03. The molecular formula is C15H17ClFNO2S. The lowest BCUT2D eigenvalue weighted by Crippen LogP contribution is -2.23. The Labute approximate surface area is 131 Å². The van der Waals surface area contributed by atoms with Crippen molar-refractivity contribution in [2.75, 3.05) is 13.2 Å². The lowest BCUT2D eigenvalue weighted by atomic mass is 10.2. The van der Waals surface area contributed by atoms with Gasteiger partial charge in [0.15, 0.2) is 0 Å². The zero-order valence-corrected chi connectivity index (χ0v) is 13.1. The Bertz CT molecular complexity index is 629. The minimum absolute atomic E-state index is 0.209. The van der Waals surface area contributed by atoms with Gasteiger partial charge in [0.1, 0.15) is 10.7 Å². The van der Waals surface area contributed by atoms with Crippen molar-refractivity contribution < 1.29 is 14.3 Å². The second kappa shape index (κ2) is 7.73. The number of amides is 1. The van der Waals surface area contributed by atoms with Crippen molar-refractivity contribution in [3.05, 3.63) is 33.9 Å². The van der Waals surface area contributed by atoms with Gasteiger partial charge in [-0.3, -0.25) is 4.79 Å². The number of aliphatic hydroxyl groups excluding tert-OH is 1. The van der Waals surface area contributed by atoms with Crippen LogP contribution in [0.5, 0.6) is 0 Å². The van der Waals surface area contributed by atoms with Crippen LogP contribution in [0.2, 0.25) is 5.02 Å². The largest absolute Gasteiger partial charge is 0.396 e. The van der Waals surface area contributed by atoms with Gasteiger partial charge in [-0.2, -0.15) is 0 Å². The van der Waals surface area contributed by atoms with E-state index in [1.54, 1.807) is 6.07 Å². The highest BCUT2D eigenvalue weighted by Crippen LogP contribution is 2.35. The van der Waals surface area contributed by atoms with Crippen molar-refractivity contribution in [2.45, 2.75) is 25.7 Å². The highest BCUT2D eigenvalue weighted by atomic mass is 35.5. The van der Waals surface area contributed by atoms with Crippen molar-refractivity contribution in [1.82, 2.24) is 5.32 Å². The molecule has 1 aromatic carbocycles. The fraction of sp³-hybridized carbons (Fsp3) is 0.400. The second-order valence-electron chi connectivity index (χ2n) is 4.78. The van der Waals surface area contributed by atoms with E-state index in [-0.39, 0.29) is 18.3 Å². The molecule has 1 heterocycles. The topological polar surface area (TPSA) is 49.3 Å². The first-order valence-corrected chi connectivity index (χ1v) is 8.09. The van der Waals surface area contributed by atoms with Crippen molar-refractivity contribution in [3.63, 3.8) is 0 Å². The van der Waals surface area contributed by atoms with Crippen molar-refractivity contribution >= 4 is 38.9 Å². The molecule has 0 radical (unpaired) electrons. The highest BCUT2D eigenvalue weighted by Gasteiger charge is 2.16. The van der Waals surface area contributed by atoms with Gasteiger partial charge in [0.2, 0.25) is 0 Å². The van der Waals surface area contributed by atoms with Crippen molar-refractivity contribution in [1.29, 1.82) is 0 Å². The van der Waals surface area contributed by atoms with Gasteiger partial charge in [0.25, 0.3) is 5.91 Å². The molecule has 0 spiro atoms. The quantitative estimate of drug-likeness (QED) is 0.755. The molecule has 0 aliphatic rings. The molecule has 2 N–H and O–H groups in total. The molecular weight excluding hydrogens is 313 g/mol. The van der Waals surface area contributed by atoms with E-state index in [2.05, 4.69) is 5.32 Å². The summed E-state index contributed by atoms with van der Waals surface area (Å²) in [6.07, 6.45) is 3.58. The number of fused-ring (bicyclic) bond motifs is 1. The van der Waals surface area contributed by atoms with E-state index in [0.717, 1.165) is 25.7 Å². The Morgan fingerprint density at radius 2 is 2.05 bits per heavy atom. The zero-order valence-electron chi connectivity index (χ0n) is 11.5. The number of aliphatic hydroxyl groups is 1. The normalized spacial score (nSPS) is 11.0. The van der Waals surface area contributed by atoms with E-state index < -0.39 is 0 Å². The maximum absolute atomic E-state index is 13.2. The zero-order chi connectivity index (χ0) is 15.2. The second-order valence-corrected chi connectivity index (χ2v) is 6.21. The monoisotopic (exact) mass is 329 g/mol. The predicted octanol–water partition coefficient (Wildman–Crippen LogP) is 3.98. The number of unbranched alkanes of at least 4 members (excludes halogenated alkanes) is 3. The SMILES string of the molecule is O=C(NCCCCCCO)c1sc2cc(F)ccc2c1Cl. The van der Waals surface area contributed by atoms with Crippen LogP contribution in [0, 0.1) is 5.82 Å². The van der Waals surface area contributed by atoms with Crippen LogP contribution in [-0.4, -0.2) is 24.2 Å². The third-order valence-electron chi connectivity index (χ3n) is 3.17. The molecule has 0 aliphatic heterocycles. The average molecular weight is 330 g/mol. The first-order chi connectivity index (χ1) is 10.1. The van der Waals surface area contributed by atoms with Gasteiger partial charge < -0.3 is 10.4 Å². The van der Waals surface area contributed by atoms with Crippen LogP contribution in [0.1, 0.15) is 35.4 Å². The van der Waals surface area contributed by atoms with Crippen LogP contribution in [-0.2, 0) is 0 Å². The summed E-state index contributed by atoms with van der Waals surface area (Å²) in [5.74, 6) is -0.556. The number of benzene rings is 1. The van der Waals surface area contributed by atoms with Crippen LogP contribution in [0.3, 0.4) is 0 Å². The van der Waals surface area contributed by atoms with Crippen LogP contribution < -0.4 is 5.32 Å². The van der Waals surface area contributed by atoms with Crippen molar-refractivity contribution in [2.24, 2.45) is 0 Å². The van der Waals surface area contributed by atoms with Crippen LogP contribution in [0.15, 0.2) is 18.2 Å². The molecule has 0 fully saturated rings. The summed E-state index contributed by atoms with van der Waals surface area (Å²) in [4.78, 5) is 12.5.